The largest absolute Gasteiger partial charge is 0.275 e. The maximum absolute atomic E-state index is 9.47. The molecule has 2 aromatic carbocycles. The van der Waals surface area contributed by atoms with Crippen LogP contribution in [0.1, 0.15) is 23.6 Å². The maximum atomic E-state index is 9.47. The number of hydrazone groups is 1. The van der Waals surface area contributed by atoms with Crippen LogP contribution in [0.25, 0.3) is 0 Å². The zero-order valence-corrected chi connectivity index (χ0v) is 12.2. The number of hydrogen-bond donors (Lipinski definition) is 0. The Bertz CT molecular complexity index is 686. The second-order valence-corrected chi connectivity index (χ2v) is 5.35. The van der Waals surface area contributed by atoms with E-state index in [2.05, 4.69) is 11.2 Å². The molecule has 0 saturated heterocycles. The smallest absolute Gasteiger partial charge is 0.158 e. The van der Waals surface area contributed by atoms with Crippen molar-refractivity contribution in [2.75, 3.05) is 6.54 Å². The van der Waals surface area contributed by atoms with Crippen LogP contribution < -0.4 is 0 Å². The predicted molar refractivity (Wildman–Crippen MR) is 84.1 cm³/mol. The molecule has 0 N–H and O–H groups in total. The Hall–Kier alpha value is -2.31. The van der Waals surface area contributed by atoms with Crippen LogP contribution in [0.2, 0.25) is 5.02 Å². The van der Waals surface area contributed by atoms with Crippen molar-refractivity contribution >= 4 is 17.3 Å². The molecule has 2 aromatic rings. The molecule has 0 amide bonds. The number of halogens is 1. The van der Waals surface area contributed by atoms with Crippen LogP contribution in [0.15, 0.2) is 59.7 Å². The van der Waals surface area contributed by atoms with Crippen LogP contribution in [-0.4, -0.2) is 17.3 Å². The van der Waals surface area contributed by atoms with E-state index in [9.17, 15) is 5.26 Å². The van der Waals surface area contributed by atoms with E-state index >= 15 is 0 Å². The highest BCUT2D eigenvalue weighted by Crippen LogP contribution is 2.26. The fourth-order valence-electron chi connectivity index (χ4n) is 2.45. The minimum Gasteiger partial charge on any atom is -0.275 e. The SMILES string of the molecule is N#C[C@H](c1ccc(Cl)cc1)N1CCC(c2ccccc2)=N1. The van der Waals surface area contributed by atoms with Crippen molar-refractivity contribution in [3.8, 4) is 6.07 Å². The van der Waals surface area contributed by atoms with E-state index in [0.29, 0.717) is 5.02 Å². The van der Waals surface area contributed by atoms with Crippen LogP contribution in [-0.2, 0) is 0 Å². The molecule has 1 atom stereocenters. The van der Waals surface area contributed by atoms with Gasteiger partial charge in [-0.2, -0.15) is 10.4 Å². The van der Waals surface area contributed by atoms with Crippen LogP contribution in [0, 0.1) is 11.3 Å². The highest BCUT2D eigenvalue weighted by molar-refractivity contribution is 6.30. The summed E-state index contributed by atoms with van der Waals surface area (Å²) in [4.78, 5) is 0. The zero-order valence-electron chi connectivity index (χ0n) is 11.4. The van der Waals surface area contributed by atoms with Gasteiger partial charge in [0.25, 0.3) is 0 Å². The van der Waals surface area contributed by atoms with Crippen molar-refractivity contribution in [2.24, 2.45) is 5.10 Å². The topological polar surface area (TPSA) is 39.4 Å². The van der Waals surface area contributed by atoms with Crippen LogP contribution in [0.4, 0.5) is 0 Å². The molecule has 104 valence electrons. The molecule has 0 aromatic heterocycles. The van der Waals surface area contributed by atoms with Gasteiger partial charge < -0.3 is 0 Å². The first-order valence-electron chi connectivity index (χ1n) is 6.82. The van der Waals surface area contributed by atoms with Crippen molar-refractivity contribution in [1.29, 1.82) is 5.26 Å². The van der Waals surface area contributed by atoms with Gasteiger partial charge in [0.2, 0.25) is 0 Å². The molecule has 0 bridgehead atoms. The minimum atomic E-state index is -0.372. The van der Waals surface area contributed by atoms with E-state index in [4.69, 9.17) is 11.6 Å². The predicted octanol–water partition coefficient (Wildman–Crippen LogP) is 4.01. The summed E-state index contributed by atoms with van der Waals surface area (Å²) in [5.41, 5.74) is 3.07. The Morgan fingerprint density at radius 2 is 1.81 bits per heavy atom. The lowest BCUT2D eigenvalue weighted by Crippen LogP contribution is -2.20. The molecule has 0 unspecified atom stereocenters. The summed E-state index contributed by atoms with van der Waals surface area (Å²) in [5.74, 6) is 0. The molecule has 1 aliphatic heterocycles. The molecular weight excluding hydrogens is 282 g/mol. The Morgan fingerprint density at radius 3 is 2.48 bits per heavy atom. The normalized spacial score (nSPS) is 15.4. The van der Waals surface area contributed by atoms with E-state index in [1.54, 1.807) is 12.1 Å². The van der Waals surface area contributed by atoms with E-state index in [1.807, 2.05) is 47.5 Å². The third kappa shape index (κ3) is 2.91. The summed E-state index contributed by atoms with van der Waals surface area (Å²) in [6.07, 6.45) is 0.857. The van der Waals surface area contributed by atoms with Gasteiger partial charge >= 0.3 is 0 Å². The van der Waals surface area contributed by atoms with Crippen molar-refractivity contribution in [3.63, 3.8) is 0 Å². The molecule has 0 saturated carbocycles. The summed E-state index contributed by atoms with van der Waals surface area (Å²) >= 11 is 5.90. The van der Waals surface area contributed by atoms with Gasteiger partial charge in [0.1, 0.15) is 0 Å². The zero-order chi connectivity index (χ0) is 14.7. The molecule has 0 aliphatic carbocycles. The second kappa shape index (κ2) is 5.99. The van der Waals surface area contributed by atoms with Gasteiger partial charge in [-0.1, -0.05) is 54.1 Å². The van der Waals surface area contributed by atoms with Crippen molar-refractivity contribution < 1.29 is 0 Å². The maximum Gasteiger partial charge on any atom is 0.158 e. The van der Waals surface area contributed by atoms with Gasteiger partial charge in [0.15, 0.2) is 6.04 Å². The van der Waals surface area contributed by atoms with Gasteiger partial charge in [-0.05, 0) is 23.3 Å². The lowest BCUT2D eigenvalue weighted by molar-refractivity contribution is 0.275. The van der Waals surface area contributed by atoms with E-state index in [-0.39, 0.29) is 6.04 Å². The van der Waals surface area contributed by atoms with Gasteiger partial charge in [-0.25, -0.2) is 0 Å². The first kappa shape index (κ1) is 13.7. The van der Waals surface area contributed by atoms with Crippen molar-refractivity contribution in [1.82, 2.24) is 5.01 Å². The summed E-state index contributed by atoms with van der Waals surface area (Å²) < 4.78 is 0. The molecule has 3 rings (SSSR count). The molecule has 0 spiro atoms. The first-order chi connectivity index (χ1) is 10.3. The van der Waals surface area contributed by atoms with Gasteiger partial charge in [0.05, 0.1) is 11.8 Å². The fourth-order valence-corrected chi connectivity index (χ4v) is 2.58. The lowest BCUT2D eigenvalue weighted by atomic mass is 10.1. The molecule has 1 aliphatic rings. The third-order valence-corrected chi connectivity index (χ3v) is 3.79. The molecule has 0 fully saturated rings. The third-order valence-electron chi connectivity index (χ3n) is 3.54. The van der Waals surface area contributed by atoms with Gasteiger partial charge in [0, 0.05) is 18.0 Å². The fraction of sp³-hybridized carbons (Fsp3) is 0.176. The van der Waals surface area contributed by atoms with E-state index in [1.165, 1.54) is 0 Å². The number of rotatable bonds is 3. The highest BCUT2D eigenvalue weighted by atomic mass is 35.5. The van der Waals surface area contributed by atoms with Crippen LogP contribution in [0.5, 0.6) is 0 Å². The molecule has 0 radical (unpaired) electrons. The van der Waals surface area contributed by atoms with Crippen molar-refractivity contribution in [2.45, 2.75) is 12.5 Å². The quantitative estimate of drug-likeness (QED) is 0.858. The Balaban J connectivity index is 1.85. The number of hydrogen-bond acceptors (Lipinski definition) is 3. The number of nitrogens with zero attached hydrogens (tertiary/aromatic N) is 3. The first-order valence-corrected chi connectivity index (χ1v) is 7.20. The van der Waals surface area contributed by atoms with E-state index in [0.717, 1.165) is 29.8 Å². The average molecular weight is 296 g/mol. The highest BCUT2D eigenvalue weighted by Gasteiger charge is 2.24. The van der Waals surface area contributed by atoms with Gasteiger partial charge in [-0.15, -0.1) is 0 Å². The second-order valence-electron chi connectivity index (χ2n) is 4.91. The van der Waals surface area contributed by atoms with Crippen LogP contribution in [0.3, 0.4) is 0 Å². The molecular formula is C17H14ClN3. The Morgan fingerprint density at radius 1 is 1.10 bits per heavy atom. The summed E-state index contributed by atoms with van der Waals surface area (Å²) in [6, 6.07) is 19.4. The van der Waals surface area contributed by atoms with Crippen molar-refractivity contribution in [3.05, 3.63) is 70.7 Å². The number of benzene rings is 2. The average Bonchev–Trinajstić information content (AvgIpc) is 3.00. The lowest BCUT2D eigenvalue weighted by Gasteiger charge is -2.20. The van der Waals surface area contributed by atoms with Gasteiger partial charge in [-0.3, -0.25) is 5.01 Å². The number of nitriles is 1. The van der Waals surface area contributed by atoms with Crippen LogP contribution >= 0.6 is 11.6 Å². The summed E-state index contributed by atoms with van der Waals surface area (Å²) in [6.45, 7) is 0.755. The molecule has 4 heteroatoms. The standard InChI is InChI=1S/C17H14ClN3/c18-15-8-6-14(7-9-15)17(12-19)21-11-10-16(20-21)13-4-2-1-3-5-13/h1-9,17H,10-11H2/t17-/m1/s1. The minimum absolute atomic E-state index is 0.372. The monoisotopic (exact) mass is 295 g/mol. The molecule has 21 heavy (non-hydrogen) atoms. The van der Waals surface area contributed by atoms with E-state index < -0.39 is 0 Å². The molecule has 1 heterocycles. The summed E-state index contributed by atoms with van der Waals surface area (Å²) in [7, 11) is 0. The Labute approximate surface area is 129 Å². The summed E-state index contributed by atoms with van der Waals surface area (Å²) in [5, 5.41) is 16.6. The Kier molecular flexibility index (Phi) is 3.89. The molecule has 3 nitrogen and oxygen atoms in total.